The van der Waals surface area contributed by atoms with Crippen molar-refractivity contribution in [2.24, 2.45) is 0 Å². The number of rotatable bonds is 6. The molecule has 0 aromatic heterocycles. The molecule has 0 spiro atoms. The third-order valence-electron chi connectivity index (χ3n) is 5.01. The van der Waals surface area contributed by atoms with E-state index in [2.05, 4.69) is 28.5 Å². The Labute approximate surface area is 162 Å². The summed E-state index contributed by atoms with van der Waals surface area (Å²) in [5.41, 5.74) is 2.98. The molecule has 2 N–H and O–H groups in total. The van der Waals surface area contributed by atoms with Gasteiger partial charge in [0.1, 0.15) is 0 Å². The van der Waals surface area contributed by atoms with Crippen LogP contribution in [0.3, 0.4) is 0 Å². The van der Waals surface area contributed by atoms with Crippen LogP contribution in [0.5, 0.6) is 0 Å². The van der Waals surface area contributed by atoms with Crippen LogP contribution >= 0.6 is 0 Å². The average molecular weight is 376 g/mol. The van der Waals surface area contributed by atoms with Crippen molar-refractivity contribution in [2.45, 2.75) is 33.2 Å². The Bertz CT molecular complexity index is 654. The number of amides is 3. The molecule has 1 aliphatic rings. The molecule has 150 valence electrons. The highest BCUT2D eigenvalue weighted by atomic mass is 16.2. The number of benzene rings is 1. The molecule has 0 saturated carbocycles. The molecule has 0 aliphatic carbocycles. The van der Waals surface area contributed by atoms with E-state index in [-0.39, 0.29) is 18.0 Å². The SMILES string of the molecule is CCC(C)NC(=O)CN1CCN(C(=O)Nc2ccc(N(C)C)cc2C)CC1. The molecule has 0 radical (unpaired) electrons. The quantitative estimate of drug-likeness (QED) is 0.799. The van der Waals surface area contributed by atoms with Crippen LogP contribution in [0.1, 0.15) is 25.8 Å². The monoisotopic (exact) mass is 375 g/mol. The smallest absolute Gasteiger partial charge is 0.321 e. The van der Waals surface area contributed by atoms with Gasteiger partial charge in [-0.3, -0.25) is 9.69 Å². The van der Waals surface area contributed by atoms with E-state index in [0.29, 0.717) is 32.7 Å². The zero-order valence-corrected chi connectivity index (χ0v) is 17.2. The molecule has 3 amide bonds. The molecular weight excluding hydrogens is 342 g/mol. The summed E-state index contributed by atoms with van der Waals surface area (Å²) in [4.78, 5) is 30.5. The molecule has 1 saturated heterocycles. The zero-order chi connectivity index (χ0) is 20.0. The number of carbonyl (C=O) groups excluding carboxylic acids is 2. The van der Waals surface area contributed by atoms with Crippen LogP contribution in [0.4, 0.5) is 16.2 Å². The number of hydrogen-bond acceptors (Lipinski definition) is 4. The van der Waals surface area contributed by atoms with Crippen LogP contribution in [0.2, 0.25) is 0 Å². The first kappa shape index (κ1) is 21.0. The van der Waals surface area contributed by atoms with Crippen LogP contribution < -0.4 is 15.5 Å². The minimum absolute atomic E-state index is 0.0545. The van der Waals surface area contributed by atoms with Crippen LogP contribution in [0.25, 0.3) is 0 Å². The summed E-state index contributed by atoms with van der Waals surface area (Å²) in [5.74, 6) is 0.0545. The normalized spacial score (nSPS) is 16.0. The molecule has 27 heavy (non-hydrogen) atoms. The van der Waals surface area contributed by atoms with E-state index in [1.165, 1.54) is 0 Å². The first-order valence-corrected chi connectivity index (χ1v) is 9.65. The molecule has 1 aliphatic heterocycles. The Hall–Kier alpha value is -2.28. The lowest BCUT2D eigenvalue weighted by Crippen LogP contribution is -2.52. The fraction of sp³-hybridized carbons (Fsp3) is 0.600. The molecule has 1 aromatic rings. The van der Waals surface area contributed by atoms with Gasteiger partial charge in [-0.05, 0) is 44.0 Å². The Morgan fingerprint density at radius 3 is 2.41 bits per heavy atom. The number of aryl methyl sites for hydroxylation is 1. The van der Waals surface area contributed by atoms with Gasteiger partial charge < -0.3 is 20.4 Å². The predicted octanol–water partition coefficient (Wildman–Crippen LogP) is 2.13. The topological polar surface area (TPSA) is 67.9 Å². The summed E-state index contributed by atoms with van der Waals surface area (Å²) in [6.45, 7) is 9.11. The van der Waals surface area contributed by atoms with Gasteiger partial charge in [0, 0.05) is 57.7 Å². The fourth-order valence-electron chi connectivity index (χ4n) is 3.00. The van der Waals surface area contributed by atoms with Gasteiger partial charge in [-0.2, -0.15) is 0 Å². The second kappa shape index (κ2) is 9.60. The Morgan fingerprint density at radius 2 is 1.85 bits per heavy atom. The van der Waals surface area contributed by atoms with Crippen molar-refractivity contribution in [3.63, 3.8) is 0 Å². The zero-order valence-electron chi connectivity index (χ0n) is 17.2. The Kier molecular flexibility index (Phi) is 7.47. The van der Waals surface area contributed by atoms with Gasteiger partial charge in [0.05, 0.1) is 6.54 Å². The third-order valence-corrected chi connectivity index (χ3v) is 5.01. The number of urea groups is 1. The van der Waals surface area contributed by atoms with E-state index in [1.807, 2.05) is 49.9 Å². The molecular formula is C20H33N5O2. The summed E-state index contributed by atoms with van der Waals surface area (Å²) in [7, 11) is 3.99. The molecule has 7 nitrogen and oxygen atoms in total. The van der Waals surface area contributed by atoms with Crippen LogP contribution in [-0.4, -0.2) is 74.6 Å². The molecule has 1 atom stereocenters. The van der Waals surface area contributed by atoms with E-state index < -0.39 is 0 Å². The molecule has 1 unspecified atom stereocenters. The van der Waals surface area contributed by atoms with Gasteiger partial charge in [-0.15, -0.1) is 0 Å². The molecule has 0 bridgehead atoms. The highest BCUT2D eigenvalue weighted by Gasteiger charge is 2.23. The molecule has 1 fully saturated rings. The molecule has 7 heteroatoms. The van der Waals surface area contributed by atoms with Gasteiger partial charge in [0.15, 0.2) is 0 Å². The molecule has 1 heterocycles. The number of hydrogen-bond donors (Lipinski definition) is 2. The first-order chi connectivity index (χ1) is 12.8. The minimum atomic E-state index is -0.0839. The maximum atomic E-state index is 12.6. The second-order valence-corrected chi connectivity index (χ2v) is 7.46. The van der Waals surface area contributed by atoms with Crippen molar-refractivity contribution in [1.82, 2.24) is 15.1 Å². The summed E-state index contributed by atoms with van der Waals surface area (Å²) in [6, 6.07) is 6.11. The molecule has 1 aromatic carbocycles. The van der Waals surface area contributed by atoms with Crippen molar-refractivity contribution in [2.75, 3.05) is 57.0 Å². The van der Waals surface area contributed by atoms with Crippen LogP contribution in [-0.2, 0) is 4.79 Å². The Balaban J connectivity index is 1.82. The van der Waals surface area contributed by atoms with Gasteiger partial charge in [0.2, 0.25) is 5.91 Å². The number of piperazine rings is 1. The molecule has 2 rings (SSSR count). The van der Waals surface area contributed by atoms with Crippen molar-refractivity contribution in [1.29, 1.82) is 0 Å². The third kappa shape index (κ3) is 6.13. The van der Waals surface area contributed by atoms with E-state index in [1.54, 1.807) is 0 Å². The van der Waals surface area contributed by atoms with Gasteiger partial charge in [-0.1, -0.05) is 6.92 Å². The minimum Gasteiger partial charge on any atom is -0.378 e. The summed E-state index contributed by atoms with van der Waals surface area (Å²) in [5, 5.41) is 5.99. The number of carbonyl (C=O) groups is 2. The van der Waals surface area contributed by atoms with Gasteiger partial charge in [0.25, 0.3) is 0 Å². The van der Waals surface area contributed by atoms with Crippen LogP contribution in [0, 0.1) is 6.92 Å². The largest absolute Gasteiger partial charge is 0.378 e. The lowest BCUT2D eigenvalue weighted by atomic mass is 10.1. The number of nitrogens with one attached hydrogen (secondary N) is 2. The highest BCUT2D eigenvalue weighted by Crippen LogP contribution is 2.21. The summed E-state index contributed by atoms with van der Waals surface area (Å²) in [6.07, 6.45) is 0.925. The van der Waals surface area contributed by atoms with Crippen molar-refractivity contribution < 1.29 is 9.59 Å². The lowest BCUT2D eigenvalue weighted by Gasteiger charge is -2.34. The fourth-order valence-corrected chi connectivity index (χ4v) is 3.00. The van der Waals surface area contributed by atoms with E-state index in [0.717, 1.165) is 23.4 Å². The maximum Gasteiger partial charge on any atom is 0.321 e. The van der Waals surface area contributed by atoms with Crippen molar-refractivity contribution >= 4 is 23.3 Å². The summed E-state index contributed by atoms with van der Waals surface area (Å²) >= 11 is 0. The average Bonchev–Trinajstić information content (AvgIpc) is 2.63. The number of nitrogens with zero attached hydrogens (tertiary/aromatic N) is 3. The van der Waals surface area contributed by atoms with E-state index >= 15 is 0 Å². The second-order valence-electron chi connectivity index (χ2n) is 7.46. The van der Waals surface area contributed by atoms with Gasteiger partial charge in [-0.25, -0.2) is 4.79 Å². The van der Waals surface area contributed by atoms with Crippen molar-refractivity contribution in [3.8, 4) is 0 Å². The van der Waals surface area contributed by atoms with Crippen molar-refractivity contribution in [3.05, 3.63) is 23.8 Å². The highest BCUT2D eigenvalue weighted by molar-refractivity contribution is 5.90. The standard InChI is InChI=1S/C20H33N5O2/c1-6-16(3)21-19(26)14-24-9-11-25(12-10-24)20(27)22-18-8-7-17(23(4)5)13-15(18)2/h7-8,13,16H,6,9-12,14H2,1-5H3,(H,21,26)(H,22,27). The lowest BCUT2D eigenvalue weighted by molar-refractivity contribution is -0.123. The van der Waals surface area contributed by atoms with E-state index in [4.69, 9.17) is 0 Å². The first-order valence-electron chi connectivity index (χ1n) is 9.65. The van der Waals surface area contributed by atoms with Gasteiger partial charge >= 0.3 is 6.03 Å². The Morgan fingerprint density at radius 1 is 1.19 bits per heavy atom. The number of anilines is 2. The van der Waals surface area contributed by atoms with E-state index in [9.17, 15) is 9.59 Å². The predicted molar refractivity (Wildman–Crippen MR) is 110 cm³/mol. The maximum absolute atomic E-state index is 12.6. The van der Waals surface area contributed by atoms with Crippen LogP contribution in [0.15, 0.2) is 18.2 Å². The summed E-state index contributed by atoms with van der Waals surface area (Å²) < 4.78 is 0.